The summed E-state index contributed by atoms with van der Waals surface area (Å²) >= 11 is 0. The molecular weight excluding hydrogens is 298 g/mol. The van der Waals surface area contributed by atoms with E-state index in [0.29, 0.717) is 23.8 Å². The summed E-state index contributed by atoms with van der Waals surface area (Å²) in [4.78, 5) is 27.8. The zero-order chi connectivity index (χ0) is 16.7. The van der Waals surface area contributed by atoms with Gasteiger partial charge in [0, 0.05) is 38.3 Å². The molecule has 9 heteroatoms. The molecule has 0 radical (unpaired) electrons. The predicted octanol–water partition coefficient (Wildman–Crippen LogP) is -0.115. The van der Waals surface area contributed by atoms with Gasteiger partial charge in [0.1, 0.15) is 6.20 Å². The lowest BCUT2D eigenvalue weighted by Gasteiger charge is -2.44. The lowest BCUT2D eigenvalue weighted by molar-refractivity contribution is -0.384. The number of rotatable bonds is 5. The van der Waals surface area contributed by atoms with Crippen LogP contribution in [0, 0.1) is 10.1 Å². The molecule has 0 atom stereocenters. The van der Waals surface area contributed by atoms with E-state index in [9.17, 15) is 10.1 Å². The third-order valence-electron chi connectivity index (χ3n) is 4.70. The van der Waals surface area contributed by atoms with Gasteiger partial charge in [0.05, 0.1) is 4.92 Å². The highest BCUT2D eigenvalue weighted by Crippen LogP contribution is 2.32. The quantitative estimate of drug-likeness (QED) is 0.549. The van der Waals surface area contributed by atoms with Gasteiger partial charge >= 0.3 is 5.69 Å². The minimum Gasteiger partial charge on any atom is -0.347 e. The van der Waals surface area contributed by atoms with Crippen molar-refractivity contribution in [3.05, 3.63) is 16.3 Å². The summed E-state index contributed by atoms with van der Waals surface area (Å²) in [6.07, 6.45) is 1.34. The van der Waals surface area contributed by atoms with E-state index in [2.05, 4.69) is 24.7 Å². The summed E-state index contributed by atoms with van der Waals surface area (Å²) in [6.45, 7) is 3.21. The Bertz CT molecular complexity index is 595. The first-order chi connectivity index (χ1) is 10.9. The average Bonchev–Trinajstić information content (AvgIpc) is 2.34. The van der Waals surface area contributed by atoms with Crippen molar-refractivity contribution < 1.29 is 4.92 Å². The van der Waals surface area contributed by atoms with Crippen LogP contribution in [-0.4, -0.2) is 91.1 Å². The number of hydrogen-bond acceptors (Lipinski definition) is 8. The van der Waals surface area contributed by atoms with Crippen LogP contribution in [0.4, 0.5) is 17.5 Å². The number of likely N-dealkylation sites (N-methyl/N-ethyl adjacent to an activating group) is 2. The molecule has 126 valence electrons. The SMILES string of the molecule is CN(C)C1CN(c2ncc([N+](=O)[O-])c(N3CC(N(C)C)C3)n2)C1. The van der Waals surface area contributed by atoms with Crippen molar-refractivity contribution >= 4 is 17.5 Å². The van der Waals surface area contributed by atoms with Crippen molar-refractivity contribution in [2.45, 2.75) is 12.1 Å². The summed E-state index contributed by atoms with van der Waals surface area (Å²) in [6, 6.07) is 0.898. The monoisotopic (exact) mass is 321 g/mol. The molecule has 2 saturated heterocycles. The molecule has 0 N–H and O–H groups in total. The highest BCUT2D eigenvalue weighted by Gasteiger charge is 2.36. The fourth-order valence-electron chi connectivity index (χ4n) is 2.77. The third-order valence-corrected chi connectivity index (χ3v) is 4.70. The molecular formula is C14H23N7O2. The Morgan fingerprint density at radius 3 is 2.09 bits per heavy atom. The molecule has 0 saturated carbocycles. The van der Waals surface area contributed by atoms with Gasteiger partial charge in [-0.05, 0) is 28.2 Å². The lowest BCUT2D eigenvalue weighted by atomic mass is 10.1. The van der Waals surface area contributed by atoms with Crippen LogP contribution < -0.4 is 9.80 Å². The molecule has 9 nitrogen and oxygen atoms in total. The predicted molar refractivity (Wildman–Crippen MR) is 88.1 cm³/mol. The minimum absolute atomic E-state index is 0.0179. The van der Waals surface area contributed by atoms with E-state index in [4.69, 9.17) is 0 Å². The molecule has 3 rings (SSSR count). The molecule has 23 heavy (non-hydrogen) atoms. The van der Waals surface area contributed by atoms with Gasteiger partial charge in [-0.25, -0.2) is 4.98 Å². The van der Waals surface area contributed by atoms with Crippen LogP contribution in [-0.2, 0) is 0 Å². The van der Waals surface area contributed by atoms with E-state index in [1.807, 2.05) is 33.1 Å². The molecule has 1 aromatic heterocycles. The second-order valence-corrected chi connectivity index (χ2v) is 6.68. The Balaban J connectivity index is 1.77. The molecule has 0 bridgehead atoms. The fraction of sp³-hybridized carbons (Fsp3) is 0.714. The van der Waals surface area contributed by atoms with Crippen molar-refractivity contribution in [1.82, 2.24) is 19.8 Å². The van der Waals surface area contributed by atoms with Crippen LogP contribution in [0.1, 0.15) is 0 Å². The van der Waals surface area contributed by atoms with Crippen LogP contribution in [0.25, 0.3) is 0 Å². The Kier molecular flexibility index (Phi) is 4.07. The van der Waals surface area contributed by atoms with E-state index in [0.717, 1.165) is 26.2 Å². The third kappa shape index (κ3) is 2.93. The van der Waals surface area contributed by atoms with Crippen LogP contribution in [0.5, 0.6) is 0 Å². The largest absolute Gasteiger partial charge is 0.347 e. The van der Waals surface area contributed by atoms with Crippen LogP contribution in [0.2, 0.25) is 0 Å². The molecule has 2 aliphatic heterocycles. The van der Waals surface area contributed by atoms with E-state index in [1.165, 1.54) is 6.20 Å². The highest BCUT2D eigenvalue weighted by molar-refractivity contribution is 5.61. The van der Waals surface area contributed by atoms with E-state index < -0.39 is 4.92 Å². The summed E-state index contributed by atoms with van der Waals surface area (Å²) in [5.74, 6) is 1.02. The standard InChI is InChI=1S/C14H23N7O2/c1-17(2)10-6-19(7-10)13-12(21(22)23)5-15-14(16-13)20-8-11(9-20)18(3)4/h5,10-11H,6-9H2,1-4H3. The maximum Gasteiger partial charge on any atom is 0.329 e. The molecule has 1 aromatic rings. The van der Waals surface area contributed by atoms with Gasteiger partial charge in [-0.2, -0.15) is 4.98 Å². The zero-order valence-corrected chi connectivity index (χ0v) is 14.0. The molecule has 0 aliphatic carbocycles. The zero-order valence-electron chi connectivity index (χ0n) is 14.0. The summed E-state index contributed by atoms with van der Waals surface area (Å²) in [5.41, 5.74) is -0.0179. The van der Waals surface area contributed by atoms with E-state index in [-0.39, 0.29) is 5.69 Å². The Morgan fingerprint density at radius 1 is 1.09 bits per heavy atom. The van der Waals surface area contributed by atoms with Crippen molar-refractivity contribution in [3.63, 3.8) is 0 Å². The fourth-order valence-corrected chi connectivity index (χ4v) is 2.77. The molecule has 2 fully saturated rings. The minimum atomic E-state index is -0.402. The Morgan fingerprint density at radius 2 is 1.61 bits per heavy atom. The second kappa shape index (κ2) is 5.89. The summed E-state index contributed by atoms with van der Waals surface area (Å²) in [5, 5.41) is 11.3. The van der Waals surface area contributed by atoms with Crippen molar-refractivity contribution in [2.24, 2.45) is 0 Å². The maximum atomic E-state index is 11.3. The summed E-state index contributed by atoms with van der Waals surface area (Å²) < 4.78 is 0. The van der Waals surface area contributed by atoms with Gasteiger partial charge in [-0.15, -0.1) is 0 Å². The van der Waals surface area contributed by atoms with Crippen molar-refractivity contribution in [3.8, 4) is 0 Å². The van der Waals surface area contributed by atoms with E-state index >= 15 is 0 Å². The number of anilines is 2. The first kappa shape index (κ1) is 15.9. The smallest absolute Gasteiger partial charge is 0.329 e. The van der Waals surface area contributed by atoms with Gasteiger partial charge in [-0.3, -0.25) is 10.1 Å². The van der Waals surface area contributed by atoms with E-state index in [1.54, 1.807) is 0 Å². The summed E-state index contributed by atoms with van der Waals surface area (Å²) in [7, 11) is 8.13. The van der Waals surface area contributed by atoms with Crippen LogP contribution >= 0.6 is 0 Å². The molecule has 0 aromatic carbocycles. The number of aromatic nitrogens is 2. The van der Waals surface area contributed by atoms with Crippen LogP contribution in [0.3, 0.4) is 0 Å². The molecule has 0 spiro atoms. The average molecular weight is 321 g/mol. The van der Waals surface area contributed by atoms with Gasteiger partial charge in [0.2, 0.25) is 11.8 Å². The molecule has 0 amide bonds. The molecule has 3 heterocycles. The molecule has 0 unspecified atom stereocenters. The van der Waals surface area contributed by atoms with Crippen molar-refractivity contribution in [1.29, 1.82) is 0 Å². The van der Waals surface area contributed by atoms with Crippen LogP contribution in [0.15, 0.2) is 6.20 Å². The Hall–Kier alpha value is -2.00. The first-order valence-electron chi connectivity index (χ1n) is 7.71. The van der Waals surface area contributed by atoms with Gasteiger partial charge in [0.15, 0.2) is 0 Å². The number of hydrogen-bond donors (Lipinski definition) is 0. The number of nitro groups is 1. The number of nitrogens with zero attached hydrogens (tertiary/aromatic N) is 7. The molecule has 2 aliphatic rings. The first-order valence-corrected chi connectivity index (χ1v) is 7.71. The maximum absolute atomic E-state index is 11.3. The second-order valence-electron chi connectivity index (χ2n) is 6.68. The highest BCUT2D eigenvalue weighted by atomic mass is 16.6. The van der Waals surface area contributed by atoms with Crippen molar-refractivity contribution in [2.75, 3.05) is 64.2 Å². The lowest BCUT2D eigenvalue weighted by Crippen LogP contribution is -2.59. The van der Waals surface area contributed by atoms with Gasteiger partial charge in [-0.1, -0.05) is 0 Å². The van der Waals surface area contributed by atoms with Gasteiger partial charge < -0.3 is 19.6 Å². The Labute approximate surface area is 135 Å². The topological polar surface area (TPSA) is 81.9 Å². The normalized spacial score (nSPS) is 19.2. The van der Waals surface area contributed by atoms with Gasteiger partial charge in [0.25, 0.3) is 0 Å².